The van der Waals surface area contributed by atoms with Gasteiger partial charge in [-0.15, -0.1) is 11.3 Å². The summed E-state index contributed by atoms with van der Waals surface area (Å²) >= 11 is 7.34. The van der Waals surface area contributed by atoms with Gasteiger partial charge in [-0.25, -0.2) is 14.4 Å². The molecule has 6 heteroatoms. The number of ether oxygens (including phenoxy) is 1. The molecule has 0 N–H and O–H groups in total. The Hall–Kier alpha value is -2.50. The van der Waals surface area contributed by atoms with Gasteiger partial charge >= 0.3 is 0 Å². The Morgan fingerprint density at radius 3 is 2.67 bits per heavy atom. The van der Waals surface area contributed by atoms with E-state index >= 15 is 0 Å². The third kappa shape index (κ3) is 2.72. The zero-order valence-electron chi connectivity index (χ0n) is 12.2. The number of halogens is 2. The zero-order valence-corrected chi connectivity index (χ0v) is 13.8. The summed E-state index contributed by atoms with van der Waals surface area (Å²) in [6, 6.07) is 14.2. The molecule has 0 bridgehead atoms. The first-order valence-electron chi connectivity index (χ1n) is 7.13. The van der Waals surface area contributed by atoms with Gasteiger partial charge in [0.1, 0.15) is 22.7 Å². The number of fused-ring (bicyclic) bond motifs is 1. The molecule has 0 unspecified atom stereocenters. The summed E-state index contributed by atoms with van der Waals surface area (Å²) in [4.78, 5) is 9.38. The quantitative estimate of drug-likeness (QED) is 0.455. The molecule has 0 aliphatic rings. The van der Waals surface area contributed by atoms with Gasteiger partial charge in [-0.3, -0.25) is 0 Å². The monoisotopic (exact) mass is 356 g/mol. The standard InChI is InChI=1S/C18H10ClFN2OS/c19-14-8-12(6-7-15(14)20)23-17-16-13(11-4-2-1-3-5-11)9-24-18(16)22-10-21-17/h1-10H. The van der Waals surface area contributed by atoms with Crippen LogP contribution in [0.25, 0.3) is 21.3 Å². The molecule has 2 aromatic heterocycles. The number of rotatable bonds is 3. The first-order valence-corrected chi connectivity index (χ1v) is 8.38. The molecule has 118 valence electrons. The molecule has 24 heavy (non-hydrogen) atoms. The molecule has 2 heterocycles. The molecule has 3 nitrogen and oxygen atoms in total. The summed E-state index contributed by atoms with van der Waals surface area (Å²) < 4.78 is 19.2. The van der Waals surface area contributed by atoms with Crippen molar-refractivity contribution in [2.75, 3.05) is 0 Å². The average molecular weight is 357 g/mol. The molecule has 0 fully saturated rings. The van der Waals surface area contributed by atoms with Crippen LogP contribution < -0.4 is 4.74 Å². The number of thiophene rings is 1. The molecule has 4 aromatic rings. The molecule has 0 spiro atoms. The van der Waals surface area contributed by atoms with Gasteiger partial charge in [0.2, 0.25) is 5.88 Å². The molecule has 0 aliphatic heterocycles. The van der Waals surface area contributed by atoms with Gasteiger partial charge in [-0.2, -0.15) is 0 Å². The molecule has 2 aromatic carbocycles. The van der Waals surface area contributed by atoms with Crippen LogP contribution in [0.1, 0.15) is 0 Å². The lowest BCUT2D eigenvalue weighted by Crippen LogP contribution is -1.91. The van der Waals surface area contributed by atoms with Crippen molar-refractivity contribution in [1.29, 1.82) is 0 Å². The second kappa shape index (κ2) is 6.19. The minimum atomic E-state index is -0.489. The van der Waals surface area contributed by atoms with E-state index in [0.717, 1.165) is 21.3 Å². The van der Waals surface area contributed by atoms with E-state index in [2.05, 4.69) is 9.97 Å². The number of aromatic nitrogens is 2. The van der Waals surface area contributed by atoms with Gasteiger partial charge in [0.15, 0.2) is 0 Å². The van der Waals surface area contributed by atoms with E-state index in [-0.39, 0.29) is 5.02 Å². The molecule has 4 rings (SSSR count). The molecule has 0 radical (unpaired) electrons. The minimum absolute atomic E-state index is 0.00593. The Morgan fingerprint density at radius 1 is 1.04 bits per heavy atom. The van der Waals surface area contributed by atoms with E-state index in [4.69, 9.17) is 16.3 Å². The van der Waals surface area contributed by atoms with Crippen LogP contribution in [0, 0.1) is 5.82 Å². The van der Waals surface area contributed by atoms with Crippen molar-refractivity contribution in [2.45, 2.75) is 0 Å². The molecule has 0 aliphatic carbocycles. The molecule has 0 saturated heterocycles. The lowest BCUT2D eigenvalue weighted by molar-refractivity contribution is 0.467. The Morgan fingerprint density at radius 2 is 1.88 bits per heavy atom. The van der Waals surface area contributed by atoms with Crippen LogP contribution in [0.4, 0.5) is 4.39 Å². The minimum Gasteiger partial charge on any atom is -0.438 e. The number of nitrogens with zero attached hydrogens (tertiary/aromatic N) is 2. The van der Waals surface area contributed by atoms with Gasteiger partial charge in [0.05, 0.1) is 10.4 Å². The van der Waals surface area contributed by atoms with Crippen LogP contribution in [-0.2, 0) is 0 Å². The van der Waals surface area contributed by atoms with Crippen LogP contribution in [0.2, 0.25) is 5.02 Å². The van der Waals surface area contributed by atoms with Crippen molar-refractivity contribution in [3.8, 4) is 22.8 Å². The zero-order chi connectivity index (χ0) is 16.5. The van der Waals surface area contributed by atoms with Gasteiger partial charge in [-0.1, -0.05) is 41.9 Å². The SMILES string of the molecule is Fc1ccc(Oc2ncnc3scc(-c4ccccc4)c23)cc1Cl. The summed E-state index contributed by atoms with van der Waals surface area (Å²) in [5.74, 6) is 0.353. The average Bonchev–Trinajstić information content (AvgIpc) is 3.04. The Kier molecular flexibility index (Phi) is 3.88. The Bertz CT molecular complexity index is 1020. The topological polar surface area (TPSA) is 35.0 Å². The van der Waals surface area contributed by atoms with Gasteiger partial charge < -0.3 is 4.74 Å². The van der Waals surface area contributed by atoms with E-state index in [1.807, 2.05) is 35.7 Å². The Labute approximate surface area is 146 Å². The molecule has 0 atom stereocenters. The van der Waals surface area contributed by atoms with Crippen LogP contribution in [0.5, 0.6) is 11.6 Å². The summed E-state index contributed by atoms with van der Waals surface area (Å²) in [5.41, 5.74) is 2.06. The van der Waals surface area contributed by atoms with E-state index < -0.39 is 5.82 Å². The maximum absolute atomic E-state index is 13.3. The highest BCUT2D eigenvalue weighted by Crippen LogP contribution is 2.39. The first-order chi connectivity index (χ1) is 11.7. The van der Waals surface area contributed by atoms with Crippen molar-refractivity contribution in [3.63, 3.8) is 0 Å². The fourth-order valence-electron chi connectivity index (χ4n) is 2.41. The Balaban J connectivity index is 1.83. The largest absolute Gasteiger partial charge is 0.438 e. The maximum Gasteiger partial charge on any atom is 0.231 e. The predicted molar refractivity (Wildman–Crippen MR) is 94.3 cm³/mol. The second-order valence-electron chi connectivity index (χ2n) is 5.05. The smallest absolute Gasteiger partial charge is 0.231 e. The summed E-state index contributed by atoms with van der Waals surface area (Å²) in [6.07, 6.45) is 1.45. The molecule has 0 amide bonds. The van der Waals surface area contributed by atoms with E-state index in [1.165, 1.54) is 35.9 Å². The maximum atomic E-state index is 13.3. The van der Waals surface area contributed by atoms with E-state index in [9.17, 15) is 4.39 Å². The molecular weight excluding hydrogens is 347 g/mol. The van der Waals surface area contributed by atoms with Crippen LogP contribution in [0.15, 0.2) is 60.2 Å². The van der Waals surface area contributed by atoms with Crippen LogP contribution in [0.3, 0.4) is 0 Å². The van der Waals surface area contributed by atoms with Gasteiger partial charge in [0, 0.05) is 17.0 Å². The van der Waals surface area contributed by atoms with Crippen molar-refractivity contribution in [1.82, 2.24) is 9.97 Å². The normalized spacial score (nSPS) is 10.9. The van der Waals surface area contributed by atoms with Crippen molar-refractivity contribution in [3.05, 3.63) is 71.1 Å². The fourth-order valence-corrected chi connectivity index (χ4v) is 3.48. The van der Waals surface area contributed by atoms with Gasteiger partial charge in [0.25, 0.3) is 0 Å². The van der Waals surface area contributed by atoms with Crippen molar-refractivity contribution in [2.24, 2.45) is 0 Å². The van der Waals surface area contributed by atoms with Crippen LogP contribution in [-0.4, -0.2) is 9.97 Å². The van der Waals surface area contributed by atoms with Gasteiger partial charge in [-0.05, 0) is 17.7 Å². The summed E-state index contributed by atoms with van der Waals surface area (Å²) in [7, 11) is 0. The van der Waals surface area contributed by atoms with Crippen molar-refractivity contribution < 1.29 is 9.13 Å². The summed E-state index contributed by atoms with van der Waals surface area (Å²) in [5, 5.41) is 2.86. The number of hydrogen-bond acceptors (Lipinski definition) is 4. The van der Waals surface area contributed by atoms with E-state index in [0.29, 0.717) is 11.6 Å². The fraction of sp³-hybridized carbons (Fsp3) is 0. The lowest BCUT2D eigenvalue weighted by atomic mass is 10.1. The third-order valence-electron chi connectivity index (χ3n) is 3.53. The predicted octanol–water partition coefficient (Wildman–Crippen LogP) is 5.94. The van der Waals surface area contributed by atoms with Crippen molar-refractivity contribution >= 4 is 33.2 Å². The third-order valence-corrected chi connectivity index (χ3v) is 4.70. The first kappa shape index (κ1) is 15.1. The highest BCUT2D eigenvalue weighted by molar-refractivity contribution is 7.17. The van der Waals surface area contributed by atoms with Crippen LogP contribution >= 0.6 is 22.9 Å². The highest BCUT2D eigenvalue weighted by Gasteiger charge is 2.15. The molecular formula is C18H10ClFN2OS. The van der Waals surface area contributed by atoms with E-state index in [1.54, 1.807) is 0 Å². The number of hydrogen-bond donors (Lipinski definition) is 0. The number of benzene rings is 2. The summed E-state index contributed by atoms with van der Waals surface area (Å²) in [6.45, 7) is 0. The second-order valence-corrected chi connectivity index (χ2v) is 6.32. The lowest BCUT2D eigenvalue weighted by Gasteiger charge is -2.08. The molecule has 0 saturated carbocycles. The highest BCUT2D eigenvalue weighted by atomic mass is 35.5.